The van der Waals surface area contributed by atoms with Crippen LogP contribution in [-0.4, -0.2) is 31.1 Å². The number of benzene rings is 1. The number of carbonyl (C=O) groups excluding carboxylic acids is 3. The van der Waals surface area contributed by atoms with Crippen LogP contribution in [-0.2, 0) is 23.9 Å². The summed E-state index contributed by atoms with van der Waals surface area (Å²) in [5.74, 6) is -4.16. The van der Waals surface area contributed by atoms with Crippen LogP contribution in [0.15, 0.2) is 41.7 Å². The van der Waals surface area contributed by atoms with Gasteiger partial charge in [-0.25, -0.2) is 4.79 Å². The molecule has 0 saturated carbocycles. The smallest absolute Gasteiger partial charge is 0.338 e. The summed E-state index contributed by atoms with van der Waals surface area (Å²) in [7, 11) is 0. The van der Waals surface area contributed by atoms with Gasteiger partial charge in [0.25, 0.3) is 0 Å². The first kappa shape index (κ1) is 17.5. The number of nitrogens with one attached hydrogen (secondary N) is 1. The van der Waals surface area contributed by atoms with Crippen molar-refractivity contribution in [1.29, 1.82) is 0 Å². The molecule has 1 aliphatic rings. The fourth-order valence-corrected chi connectivity index (χ4v) is 2.70. The summed E-state index contributed by atoms with van der Waals surface area (Å²) in [4.78, 5) is 37.0. The molecular formula is C17H20N2O5. The molecule has 1 aliphatic heterocycles. The molecule has 1 heterocycles. The van der Waals surface area contributed by atoms with Crippen molar-refractivity contribution in [2.24, 2.45) is 11.7 Å². The maximum Gasteiger partial charge on any atom is 0.338 e. The second-order valence-corrected chi connectivity index (χ2v) is 5.16. The van der Waals surface area contributed by atoms with E-state index in [1.807, 2.05) is 0 Å². The number of rotatable bonds is 5. The van der Waals surface area contributed by atoms with E-state index in [-0.39, 0.29) is 24.6 Å². The normalized spacial score (nSPS) is 20.3. The van der Waals surface area contributed by atoms with E-state index in [0.29, 0.717) is 5.56 Å². The maximum absolute atomic E-state index is 12.4. The van der Waals surface area contributed by atoms with Crippen molar-refractivity contribution in [2.45, 2.75) is 19.8 Å². The van der Waals surface area contributed by atoms with Crippen LogP contribution in [0.4, 0.5) is 0 Å². The highest BCUT2D eigenvalue weighted by Gasteiger charge is 2.46. The summed E-state index contributed by atoms with van der Waals surface area (Å²) in [5, 5.41) is 2.37. The van der Waals surface area contributed by atoms with Crippen LogP contribution in [0.3, 0.4) is 0 Å². The standard InChI is InChI=1S/C17H20N2O5/c1-3-23-16(21)12-11(10-8-6-5-7-9-10)13(17(22)24-4-2)15(20)19-14(12)18/h5-9,11,13H,3-4,18H2,1-2H3,(H,19,20). The molecule has 24 heavy (non-hydrogen) atoms. The average Bonchev–Trinajstić information content (AvgIpc) is 2.55. The largest absolute Gasteiger partial charge is 0.465 e. The molecule has 7 nitrogen and oxygen atoms in total. The van der Waals surface area contributed by atoms with Gasteiger partial charge in [0.1, 0.15) is 11.7 Å². The summed E-state index contributed by atoms with van der Waals surface area (Å²) < 4.78 is 10.1. The highest BCUT2D eigenvalue weighted by atomic mass is 16.5. The Balaban J connectivity index is 2.57. The molecule has 0 radical (unpaired) electrons. The first-order valence-corrected chi connectivity index (χ1v) is 7.70. The van der Waals surface area contributed by atoms with E-state index in [0.717, 1.165) is 0 Å². The van der Waals surface area contributed by atoms with Crippen molar-refractivity contribution < 1.29 is 23.9 Å². The van der Waals surface area contributed by atoms with Crippen LogP contribution >= 0.6 is 0 Å². The van der Waals surface area contributed by atoms with Gasteiger partial charge in [-0.05, 0) is 19.4 Å². The summed E-state index contributed by atoms with van der Waals surface area (Å²) in [6.07, 6.45) is 0. The summed E-state index contributed by atoms with van der Waals surface area (Å²) in [6.45, 7) is 3.58. The number of ether oxygens (including phenoxy) is 2. The van der Waals surface area contributed by atoms with Gasteiger partial charge in [0, 0.05) is 5.92 Å². The lowest BCUT2D eigenvalue weighted by atomic mass is 9.77. The fourth-order valence-electron chi connectivity index (χ4n) is 2.70. The lowest BCUT2D eigenvalue weighted by Crippen LogP contribution is -2.48. The fraction of sp³-hybridized carbons (Fsp3) is 0.353. The Morgan fingerprint density at radius 2 is 1.75 bits per heavy atom. The zero-order chi connectivity index (χ0) is 17.7. The molecule has 0 fully saturated rings. The number of carbonyl (C=O) groups is 3. The predicted molar refractivity (Wildman–Crippen MR) is 85.3 cm³/mol. The van der Waals surface area contributed by atoms with E-state index >= 15 is 0 Å². The Kier molecular flexibility index (Phi) is 5.57. The van der Waals surface area contributed by atoms with Gasteiger partial charge in [-0.3, -0.25) is 9.59 Å². The summed E-state index contributed by atoms with van der Waals surface area (Å²) in [6, 6.07) is 8.75. The minimum atomic E-state index is -1.21. The van der Waals surface area contributed by atoms with Crippen LogP contribution in [0.1, 0.15) is 25.3 Å². The van der Waals surface area contributed by atoms with Crippen LogP contribution < -0.4 is 11.1 Å². The Hall–Kier alpha value is -2.83. The van der Waals surface area contributed by atoms with Crippen molar-refractivity contribution >= 4 is 17.8 Å². The lowest BCUT2D eigenvalue weighted by molar-refractivity contribution is -0.153. The topological polar surface area (TPSA) is 108 Å². The molecular weight excluding hydrogens is 312 g/mol. The Morgan fingerprint density at radius 1 is 1.12 bits per heavy atom. The molecule has 128 valence electrons. The van der Waals surface area contributed by atoms with Crippen LogP contribution in [0.5, 0.6) is 0 Å². The van der Waals surface area contributed by atoms with Gasteiger partial charge in [0.2, 0.25) is 5.91 Å². The Bertz CT molecular complexity index is 669. The quantitative estimate of drug-likeness (QED) is 0.610. The van der Waals surface area contributed by atoms with E-state index < -0.39 is 29.7 Å². The number of hydrogen-bond donors (Lipinski definition) is 2. The second kappa shape index (κ2) is 7.63. The van der Waals surface area contributed by atoms with E-state index in [9.17, 15) is 14.4 Å². The van der Waals surface area contributed by atoms with Crippen molar-refractivity contribution in [3.8, 4) is 0 Å². The SMILES string of the molecule is CCOC(=O)C1=C(N)NC(=O)C(C(=O)OCC)C1c1ccccc1. The second-order valence-electron chi connectivity index (χ2n) is 5.16. The number of hydrogen-bond acceptors (Lipinski definition) is 6. The number of nitrogens with two attached hydrogens (primary N) is 1. The van der Waals surface area contributed by atoms with E-state index in [4.69, 9.17) is 15.2 Å². The third-order valence-electron chi connectivity index (χ3n) is 3.67. The Labute approximate surface area is 139 Å². The van der Waals surface area contributed by atoms with E-state index in [1.165, 1.54) is 0 Å². The minimum Gasteiger partial charge on any atom is -0.465 e. The molecule has 2 unspecified atom stereocenters. The van der Waals surface area contributed by atoms with Crippen molar-refractivity contribution in [1.82, 2.24) is 5.32 Å². The molecule has 1 aromatic rings. The van der Waals surface area contributed by atoms with Gasteiger partial charge < -0.3 is 20.5 Å². The van der Waals surface area contributed by atoms with Crippen LogP contribution in [0.2, 0.25) is 0 Å². The van der Waals surface area contributed by atoms with Crippen LogP contribution in [0, 0.1) is 5.92 Å². The summed E-state index contributed by atoms with van der Waals surface area (Å²) in [5.41, 5.74) is 6.52. The van der Waals surface area contributed by atoms with Gasteiger partial charge in [-0.2, -0.15) is 0 Å². The van der Waals surface area contributed by atoms with Crippen molar-refractivity contribution in [2.75, 3.05) is 13.2 Å². The Morgan fingerprint density at radius 3 is 2.33 bits per heavy atom. The molecule has 3 N–H and O–H groups in total. The first-order valence-electron chi connectivity index (χ1n) is 7.70. The van der Waals surface area contributed by atoms with Gasteiger partial charge in [-0.15, -0.1) is 0 Å². The molecule has 0 aliphatic carbocycles. The molecule has 7 heteroatoms. The number of esters is 2. The van der Waals surface area contributed by atoms with E-state index in [1.54, 1.807) is 44.2 Å². The summed E-state index contributed by atoms with van der Waals surface area (Å²) >= 11 is 0. The molecule has 0 spiro atoms. The third-order valence-corrected chi connectivity index (χ3v) is 3.67. The van der Waals surface area contributed by atoms with Gasteiger partial charge in [0.05, 0.1) is 18.8 Å². The molecule has 0 saturated heterocycles. The minimum absolute atomic E-state index is 0.0562. The van der Waals surface area contributed by atoms with Crippen LogP contribution in [0.25, 0.3) is 0 Å². The molecule has 1 amide bonds. The molecule has 2 rings (SSSR count). The van der Waals surface area contributed by atoms with E-state index in [2.05, 4.69) is 5.32 Å². The van der Waals surface area contributed by atoms with Gasteiger partial charge >= 0.3 is 11.9 Å². The zero-order valence-electron chi connectivity index (χ0n) is 13.6. The third kappa shape index (κ3) is 3.40. The van der Waals surface area contributed by atoms with Crippen molar-refractivity contribution in [3.63, 3.8) is 0 Å². The lowest BCUT2D eigenvalue weighted by Gasteiger charge is -2.31. The highest BCUT2D eigenvalue weighted by molar-refractivity contribution is 6.05. The zero-order valence-corrected chi connectivity index (χ0v) is 13.6. The maximum atomic E-state index is 12.4. The molecule has 0 bridgehead atoms. The van der Waals surface area contributed by atoms with Gasteiger partial charge in [-0.1, -0.05) is 30.3 Å². The molecule has 1 aromatic carbocycles. The van der Waals surface area contributed by atoms with Gasteiger partial charge in [0.15, 0.2) is 0 Å². The molecule has 2 atom stereocenters. The van der Waals surface area contributed by atoms with Crippen molar-refractivity contribution in [3.05, 3.63) is 47.3 Å². The number of amides is 1. The highest BCUT2D eigenvalue weighted by Crippen LogP contribution is 2.37. The first-order chi connectivity index (χ1) is 11.5. The monoisotopic (exact) mass is 332 g/mol. The predicted octanol–water partition coefficient (Wildman–Crippen LogP) is 0.813. The molecule has 0 aromatic heterocycles. The average molecular weight is 332 g/mol.